The third-order valence-corrected chi connectivity index (χ3v) is 4.86. The van der Waals surface area contributed by atoms with E-state index >= 15 is 0 Å². The number of hydrogen-bond acceptors (Lipinski definition) is 4. The van der Waals surface area contributed by atoms with Crippen molar-refractivity contribution in [3.05, 3.63) is 106 Å². The van der Waals surface area contributed by atoms with Gasteiger partial charge in [-0.15, -0.1) is 0 Å². The van der Waals surface area contributed by atoms with Gasteiger partial charge in [0.1, 0.15) is 0 Å². The molecule has 4 rings (SSSR count). The molecule has 2 aromatic carbocycles. The van der Waals surface area contributed by atoms with Crippen LogP contribution in [0.1, 0.15) is 39.4 Å². The van der Waals surface area contributed by atoms with Crippen LogP contribution in [0, 0.1) is 0 Å². The minimum absolute atomic E-state index is 0.262. The number of anilines is 1. The minimum atomic E-state index is -0.429. The number of carbonyl (C=O) groups excluding carboxylic acids is 2. The Kier molecular flexibility index (Phi) is 5.57. The zero-order valence-electron chi connectivity index (χ0n) is 16.8. The van der Waals surface area contributed by atoms with Crippen LogP contribution in [0.5, 0.6) is 0 Å². The van der Waals surface area contributed by atoms with Crippen LogP contribution < -0.4 is 16.2 Å². The number of fused-ring (bicyclic) bond motifs is 1. The molecule has 0 aliphatic rings. The molecular formula is C24H20N4O3. The first-order valence-electron chi connectivity index (χ1n) is 9.76. The number of hydrogen-bond donors (Lipinski definition) is 3. The Hall–Kier alpha value is -4.26. The van der Waals surface area contributed by atoms with Gasteiger partial charge in [-0.2, -0.15) is 0 Å². The van der Waals surface area contributed by atoms with Crippen molar-refractivity contribution >= 4 is 28.4 Å². The maximum absolute atomic E-state index is 12.9. The summed E-state index contributed by atoms with van der Waals surface area (Å²) in [4.78, 5) is 44.4. The fraction of sp³-hybridized carbons (Fsp3) is 0.0833. The average Bonchev–Trinajstić information content (AvgIpc) is 2.79. The monoisotopic (exact) mass is 412 g/mol. The number of carbonyl (C=O) groups is 2. The topological polar surface area (TPSA) is 104 Å². The number of pyridine rings is 2. The fourth-order valence-corrected chi connectivity index (χ4v) is 3.32. The molecule has 2 heterocycles. The Morgan fingerprint density at radius 2 is 1.74 bits per heavy atom. The van der Waals surface area contributed by atoms with Gasteiger partial charge in [0, 0.05) is 34.4 Å². The van der Waals surface area contributed by atoms with E-state index in [1.165, 1.54) is 6.07 Å². The van der Waals surface area contributed by atoms with Gasteiger partial charge in [-0.25, -0.2) is 0 Å². The van der Waals surface area contributed by atoms with Crippen LogP contribution in [0.3, 0.4) is 0 Å². The molecular weight excluding hydrogens is 392 g/mol. The van der Waals surface area contributed by atoms with Gasteiger partial charge < -0.3 is 15.6 Å². The van der Waals surface area contributed by atoms with E-state index in [2.05, 4.69) is 20.6 Å². The lowest BCUT2D eigenvalue weighted by Gasteiger charge is -2.14. The molecule has 0 saturated heterocycles. The Morgan fingerprint density at radius 3 is 2.55 bits per heavy atom. The zero-order chi connectivity index (χ0) is 21.8. The van der Waals surface area contributed by atoms with Crippen molar-refractivity contribution in [1.29, 1.82) is 0 Å². The molecule has 0 spiro atoms. The first-order chi connectivity index (χ1) is 15.0. The Labute approximate surface area is 178 Å². The Balaban J connectivity index is 1.53. The van der Waals surface area contributed by atoms with Crippen LogP contribution in [0.4, 0.5) is 5.69 Å². The third-order valence-electron chi connectivity index (χ3n) is 4.86. The van der Waals surface area contributed by atoms with Crippen LogP contribution in [0.15, 0.2) is 83.8 Å². The lowest BCUT2D eigenvalue weighted by molar-refractivity contribution is 0.0938. The molecule has 0 radical (unpaired) electrons. The molecule has 0 fully saturated rings. The van der Waals surface area contributed by atoms with Gasteiger partial charge in [-0.1, -0.05) is 30.3 Å². The molecule has 7 nitrogen and oxygen atoms in total. The first kappa shape index (κ1) is 20.0. The number of rotatable bonds is 5. The number of nitrogens with zero attached hydrogens (tertiary/aromatic N) is 1. The molecule has 3 N–H and O–H groups in total. The highest BCUT2D eigenvalue weighted by Gasteiger charge is 2.15. The summed E-state index contributed by atoms with van der Waals surface area (Å²) < 4.78 is 0. The van der Waals surface area contributed by atoms with Gasteiger partial charge in [0.05, 0.1) is 17.3 Å². The number of amides is 2. The lowest BCUT2D eigenvalue weighted by atomic mass is 10.1. The van der Waals surface area contributed by atoms with Crippen molar-refractivity contribution < 1.29 is 9.59 Å². The summed E-state index contributed by atoms with van der Waals surface area (Å²) in [5.41, 5.74) is 2.08. The summed E-state index contributed by atoms with van der Waals surface area (Å²) in [5.74, 6) is -0.711. The number of benzene rings is 2. The molecule has 0 aliphatic heterocycles. The summed E-state index contributed by atoms with van der Waals surface area (Å²) in [6.45, 7) is 1.85. The summed E-state index contributed by atoms with van der Waals surface area (Å²) >= 11 is 0. The second kappa shape index (κ2) is 8.62. The second-order valence-corrected chi connectivity index (χ2v) is 7.08. The minimum Gasteiger partial charge on any atom is -0.344 e. The highest BCUT2D eigenvalue weighted by Crippen LogP contribution is 2.18. The van der Waals surface area contributed by atoms with Crippen LogP contribution in [0.25, 0.3) is 10.9 Å². The SMILES string of the molecule is C[C@@H](NC(=O)c1cccc(NC(=O)c2cc(=O)[nH]c3ccccc23)c1)c1ccccn1. The Bertz CT molecular complexity index is 1320. The van der Waals surface area contributed by atoms with E-state index in [0.717, 1.165) is 5.69 Å². The summed E-state index contributed by atoms with van der Waals surface area (Å²) in [6, 6.07) is 20.2. The number of aromatic amines is 1. The second-order valence-electron chi connectivity index (χ2n) is 7.08. The highest BCUT2D eigenvalue weighted by atomic mass is 16.2. The molecule has 0 aliphatic carbocycles. The van der Waals surface area contributed by atoms with E-state index in [0.29, 0.717) is 22.2 Å². The highest BCUT2D eigenvalue weighted by molar-refractivity contribution is 6.12. The number of para-hydroxylation sites is 1. The quantitative estimate of drug-likeness (QED) is 0.465. The largest absolute Gasteiger partial charge is 0.344 e. The smallest absolute Gasteiger partial charge is 0.256 e. The van der Waals surface area contributed by atoms with Crippen molar-refractivity contribution in [2.45, 2.75) is 13.0 Å². The fourth-order valence-electron chi connectivity index (χ4n) is 3.32. The van der Waals surface area contributed by atoms with E-state index in [9.17, 15) is 14.4 Å². The van der Waals surface area contributed by atoms with Crippen molar-refractivity contribution in [2.24, 2.45) is 0 Å². The molecule has 2 aromatic heterocycles. The maximum atomic E-state index is 12.9. The van der Waals surface area contributed by atoms with Crippen molar-refractivity contribution in [3.8, 4) is 0 Å². The molecule has 154 valence electrons. The zero-order valence-corrected chi connectivity index (χ0v) is 16.8. The predicted octanol–water partition coefficient (Wildman–Crippen LogP) is 3.67. The van der Waals surface area contributed by atoms with E-state index in [4.69, 9.17) is 0 Å². The van der Waals surface area contributed by atoms with Crippen molar-refractivity contribution in [3.63, 3.8) is 0 Å². The van der Waals surface area contributed by atoms with Gasteiger partial charge in [0.25, 0.3) is 11.8 Å². The number of H-pyrrole nitrogens is 1. The number of aromatic nitrogens is 2. The molecule has 2 amide bonds. The molecule has 1 atom stereocenters. The van der Waals surface area contributed by atoms with Gasteiger partial charge >= 0.3 is 0 Å². The third kappa shape index (κ3) is 4.51. The molecule has 0 unspecified atom stereocenters. The maximum Gasteiger partial charge on any atom is 0.256 e. The molecule has 31 heavy (non-hydrogen) atoms. The van der Waals surface area contributed by atoms with E-state index < -0.39 is 5.91 Å². The van der Waals surface area contributed by atoms with Gasteiger partial charge in [-0.05, 0) is 43.3 Å². The van der Waals surface area contributed by atoms with E-state index in [1.54, 1.807) is 54.7 Å². The average molecular weight is 412 g/mol. The number of nitrogens with one attached hydrogen (secondary N) is 3. The van der Waals surface area contributed by atoms with Crippen LogP contribution in [0.2, 0.25) is 0 Å². The van der Waals surface area contributed by atoms with Gasteiger partial charge in [-0.3, -0.25) is 19.4 Å². The predicted molar refractivity (Wildman–Crippen MR) is 119 cm³/mol. The Morgan fingerprint density at radius 1 is 0.935 bits per heavy atom. The summed E-state index contributed by atoms with van der Waals surface area (Å²) in [7, 11) is 0. The summed E-state index contributed by atoms with van der Waals surface area (Å²) in [5, 5.41) is 6.31. The van der Waals surface area contributed by atoms with Gasteiger partial charge in [0.2, 0.25) is 5.56 Å². The van der Waals surface area contributed by atoms with Crippen LogP contribution in [-0.2, 0) is 0 Å². The molecule has 4 aromatic rings. The van der Waals surface area contributed by atoms with E-state index in [1.807, 2.05) is 25.1 Å². The van der Waals surface area contributed by atoms with E-state index in [-0.39, 0.29) is 23.1 Å². The first-order valence-corrected chi connectivity index (χ1v) is 9.76. The lowest BCUT2D eigenvalue weighted by Crippen LogP contribution is -2.27. The normalized spacial score (nSPS) is 11.6. The standard InChI is InChI=1S/C24H20N4O3/c1-15(20-10-4-5-12-25-20)26-23(30)16-7-6-8-17(13-16)27-24(31)19-14-22(29)28-21-11-3-2-9-18(19)21/h2-15H,1H3,(H,26,30)(H,27,31)(H,28,29)/t15-/m1/s1. The molecule has 0 bridgehead atoms. The van der Waals surface area contributed by atoms with Crippen molar-refractivity contribution in [2.75, 3.05) is 5.32 Å². The van der Waals surface area contributed by atoms with Crippen LogP contribution >= 0.6 is 0 Å². The van der Waals surface area contributed by atoms with Crippen molar-refractivity contribution in [1.82, 2.24) is 15.3 Å². The molecule has 7 heteroatoms. The van der Waals surface area contributed by atoms with Crippen LogP contribution in [-0.4, -0.2) is 21.8 Å². The summed E-state index contributed by atoms with van der Waals surface area (Å²) in [6.07, 6.45) is 1.67. The van der Waals surface area contributed by atoms with Gasteiger partial charge in [0.15, 0.2) is 0 Å². The molecule has 0 saturated carbocycles.